The Kier molecular flexibility index (Phi) is 6.61. The molecule has 5 rings (SSSR count). The Balaban J connectivity index is 1.44. The Morgan fingerprint density at radius 3 is 2.61 bits per heavy atom. The van der Waals surface area contributed by atoms with Gasteiger partial charge >= 0.3 is 0 Å². The van der Waals surface area contributed by atoms with Crippen LogP contribution < -0.4 is 15.4 Å². The average molecular weight is 496 g/mol. The molecule has 2 atom stereocenters. The SMILES string of the molecule is Cc1ccc(OCC2CC2)c(-c2ncnc3c(C(=O)N[C@H]4CC[C@H](NC(=O)CO)C4)c(C)[nH]c23)c1F. The number of carbonyl (C=O) groups excluding carboxylic acids is 2. The van der Waals surface area contributed by atoms with Crippen LogP contribution in [0.1, 0.15) is 53.7 Å². The fourth-order valence-corrected chi connectivity index (χ4v) is 4.86. The van der Waals surface area contributed by atoms with E-state index in [9.17, 15) is 9.59 Å². The molecule has 10 heteroatoms. The summed E-state index contributed by atoms with van der Waals surface area (Å²) in [5.41, 5.74) is 2.94. The number of aliphatic hydroxyl groups excluding tert-OH is 1. The molecule has 0 saturated heterocycles. The zero-order chi connectivity index (χ0) is 25.4. The summed E-state index contributed by atoms with van der Waals surface area (Å²) >= 11 is 0. The van der Waals surface area contributed by atoms with Crippen molar-refractivity contribution in [3.8, 4) is 17.0 Å². The third-order valence-corrected chi connectivity index (χ3v) is 6.98. The smallest absolute Gasteiger partial charge is 0.255 e. The zero-order valence-electron chi connectivity index (χ0n) is 20.4. The van der Waals surface area contributed by atoms with Crippen molar-refractivity contribution in [2.45, 2.75) is 58.0 Å². The van der Waals surface area contributed by atoms with Crippen LogP contribution in [0.4, 0.5) is 4.39 Å². The Hall–Kier alpha value is -3.53. The van der Waals surface area contributed by atoms with Crippen molar-refractivity contribution in [2.75, 3.05) is 13.2 Å². The number of amides is 2. The second kappa shape index (κ2) is 9.85. The van der Waals surface area contributed by atoms with Gasteiger partial charge in [0.1, 0.15) is 35.7 Å². The molecule has 1 aromatic carbocycles. The lowest BCUT2D eigenvalue weighted by Crippen LogP contribution is -2.38. The predicted octanol–water partition coefficient (Wildman–Crippen LogP) is 2.93. The Bertz CT molecular complexity index is 1320. The van der Waals surface area contributed by atoms with Crippen LogP contribution in [0.15, 0.2) is 18.5 Å². The molecule has 2 aliphatic carbocycles. The number of nitrogens with zero attached hydrogens (tertiary/aromatic N) is 2. The van der Waals surface area contributed by atoms with E-state index in [4.69, 9.17) is 9.84 Å². The largest absolute Gasteiger partial charge is 0.492 e. The summed E-state index contributed by atoms with van der Waals surface area (Å²) in [6.45, 7) is 3.44. The quantitative estimate of drug-likeness (QED) is 0.380. The topological polar surface area (TPSA) is 129 Å². The highest BCUT2D eigenvalue weighted by Gasteiger charge is 2.30. The molecule has 2 heterocycles. The molecule has 2 amide bonds. The van der Waals surface area contributed by atoms with Gasteiger partial charge in [-0.15, -0.1) is 0 Å². The van der Waals surface area contributed by atoms with E-state index in [1.54, 1.807) is 26.0 Å². The molecular weight excluding hydrogens is 465 g/mol. The Morgan fingerprint density at radius 2 is 1.89 bits per heavy atom. The number of nitrogens with one attached hydrogen (secondary N) is 3. The molecule has 2 aliphatic rings. The van der Waals surface area contributed by atoms with Crippen molar-refractivity contribution < 1.29 is 23.8 Å². The maximum atomic E-state index is 15.4. The molecule has 3 aromatic rings. The van der Waals surface area contributed by atoms with Gasteiger partial charge in [0.15, 0.2) is 0 Å². The number of benzene rings is 1. The highest BCUT2D eigenvalue weighted by molar-refractivity contribution is 6.09. The number of ether oxygens (including phenoxy) is 1. The number of fused-ring (bicyclic) bond motifs is 1. The summed E-state index contributed by atoms with van der Waals surface area (Å²) in [7, 11) is 0. The number of halogens is 1. The number of aryl methyl sites for hydroxylation is 2. The van der Waals surface area contributed by atoms with Crippen molar-refractivity contribution in [3.05, 3.63) is 41.1 Å². The summed E-state index contributed by atoms with van der Waals surface area (Å²) in [6, 6.07) is 3.24. The molecule has 0 spiro atoms. The van der Waals surface area contributed by atoms with E-state index in [0.29, 0.717) is 71.1 Å². The molecular formula is C26H30FN5O4. The zero-order valence-corrected chi connectivity index (χ0v) is 20.4. The lowest BCUT2D eigenvalue weighted by molar-refractivity contribution is -0.124. The number of H-pyrrole nitrogens is 1. The lowest BCUT2D eigenvalue weighted by atomic mass is 10.0. The van der Waals surface area contributed by atoms with Crippen LogP contribution in [0.5, 0.6) is 5.75 Å². The fourth-order valence-electron chi connectivity index (χ4n) is 4.86. The minimum atomic E-state index is -0.557. The standard InChI is InChI=1S/C26H30FN5O4/c1-13-3-8-18(36-11-15-4-5-15)21(22(13)27)24-25-23(28-12-29-24)20(14(2)30-25)26(35)32-17-7-6-16(9-17)31-19(34)10-33/h3,8,12,15-17,30,33H,4-7,9-11H2,1-2H3,(H,31,34)(H,32,35)/t16-,17-/m0/s1. The first-order valence-electron chi connectivity index (χ1n) is 12.3. The third kappa shape index (κ3) is 4.77. The summed E-state index contributed by atoms with van der Waals surface area (Å²) in [4.78, 5) is 36.7. The van der Waals surface area contributed by atoms with Gasteiger partial charge < -0.3 is 25.5 Å². The van der Waals surface area contributed by atoms with E-state index in [1.807, 2.05) is 0 Å². The molecule has 9 nitrogen and oxygen atoms in total. The lowest BCUT2D eigenvalue weighted by Gasteiger charge is -2.15. The van der Waals surface area contributed by atoms with Crippen LogP contribution in [0.25, 0.3) is 22.3 Å². The Morgan fingerprint density at radius 1 is 1.14 bits per heavy atom. The number of aliphatic hydroxyl groups is 1. The first-order chi connectivity index (χ1) is 17.4. The molecule has 2 fully saturated rings. The molecule has 0 bridgehead atoms. The van der Waals surface area contributed by atoms with Gasteiger partial charge in [-0.3, -0.25) is 9.59 Å². The monoisotopic (exact) mass is 495 g/mol. The van der Waals surface area contributed by atoms with E-state index in [-0.39, 0.29) is 23.6 Å². The van der Waals surface area contributed by atoms with Crippen LogP contribution in [-0.2, 0) is 4.79 Å². The predicted molar refractivity (Wildman–Crippen MR) is 131 cm³/mol. The van der Waals surface area contributed by atoms with Gasteiger partial charge in [0, 0.05) is 17.8 Å². The minimum Gasteiger partial charge on any atom is -0.492 e. The molecule has 0 radical (unpaired) electrons. The van der Waals surface area contributed by atoms with Crippen LogP contribution in [0, 0.1) is 25.6 Å². The molecule has 0 unspecified atom stereocenters. The van der Waals surface area contributed by atoms with Crippen molar-refractivity contribution in [3.63, 3.8) is 0 Å². The van der Waals surface area contributed by atoms with Crippen LogP contribution in [-0.4, -0.2) is 57.2 Å². The van der Waals surface area contributed by atoms with Gasteiger partial charge in [0.25, 0.3) is 5.91 Å². The Labute approximate surface area is 207 Å². The van der Waals surface area contributed by atoms with Crippen molar-refractivity contribution in [1.82, 2.24) is 25.6 Å². The number of carbonyl (C=O) groups is 2. The van der Waals surface area contributed by atoms with E-state index in [2.05, 4.69) is 25.6 Å². The second-order valence-electron chi connectivity index (χ2n) is 9.80. The number of hydrogen-bond acceptors (Lipinski definition) is 6. The third-order valence-electron chi connectivity index (χ3n) is 6.98. The van der Waals surface area contributed by atoms with Gasteiger partial charge in [-0.25, -0.2) is 14.4 Å². The van der Waals surface area contributed by atoms with E-state index >= 15 is 4.39 Å². The fraction of sp³-hybridized carbons (Fsp3) is 0.462. The van der Waals surface area contributed by atoms with Gasteiger partial charge in [-0.05, 0) is 63.5 Å². The number of rotatable bonds is 8. The van der Waals surface area contributed by atoms with E-state index in [0.717, 1.165) is 12.8 Å². The molecule has 0 aliphatic heterocycles. The first kappa shape index (κ1) is 24.2. The van der Waals surface area contributed by atoms with Gasteiger partial charge in [-0.2, -0.15) is 0 Å². The number of aromatic amines is 1. The van der Waals surface area contributed by atoms with Gasteiger partial charge in [0.2, 0.25) is 5.91 Å². The highest BCUT2D eigenvalue weighted by atomic mass is 19.1. The normalized spacial score (nSPS) is 19.4. The molecule has 2 aromatic heterocycles. The highest BCUT2D eigenvalue weighted by Crippen LogP contribution is 2.39. The van der Waals surface area contributed by atoms with E-state index < -0.39 is 18.3 Å². The van der Waals surface area contributed by atoms with Crippen molar-refractivity contribution >= 4 is 22.8 Å². The number of hydrogen-bond donors (Lipinski definition) is 4. The molecule has 2 saturated carbocycles. The van der Waals surface area contributed by atoms with Gasteiger partial charge in [-0.1, -0.05) is 6.07 Å². The van der Waals surface area contributed by atoms with Crippen molar-refractivity contribution in [1.29, 1.82) is 0 Å². The maximum Gasteiger partial charge on any atom is 0.255 e. The maximum absolute atomic E-state index is 15.4. The van der Waals surface area contributed by atoms with Gasteiger partial charge in [0.05, 0.1) is 23.3 Å². The minimum absolute atomic E-state index is 0.0914. The molecule has 190 valence electrons. The second-order valence-corrected chi connectivity index (χ2v) is 9.80. The number of aromatic nitrogens is 3. The summed E-state index contributed by atoms with van der Waals surface area (Å²) in [5.74, 6) is -0.207. The van der Waals surface area contributed by atoms with Crippen LogP contribution >= 0.6 is 0 Å². The first-order valence-corrected chi connectivity index (χ1v) is 12.3. The van der Waals surface area contributed by atoms with Crippen LogP contribution in [0.3, 0.4) is 0 Å². The molecule has 36 heavy (non-hydrogen) atoms. The van der Waals surface area contributed by atoms with E-state index in [1.165, 1.54) is 6.33 Å². The molecule has 4 N–H and O–H groups in total. The average Bonchev–Trinajstić information content (AvgIpc) is 3.48. The summed E-state index contributed by atoms with van der Waals surface area (Å²) < 4.78 is 21.4. The van der Waals surface area contributed by atoms with Crippen molar-refractivity contribution in [2.24, 2.45) is 5.92 Å². The summed E-state index contributed by atoms with van der Waals surface area (Å²) in [6.07, 6.45) is 5.57. The van der Waals surface area contributed by atoms with Crippen LogP contribution in [0.2, 0.25) is 0 Å². The summed E-state index contributed by atoms with van der Waals surface area (Å²) in [5, 5.41) is 14.7.